The fourth-order valence-corrected chi connectivity index (χ4v) is 0.538. The average Bonchev–Trinajstić information content (AvgIpc) is 1.88. The second kappa shape index (κ2) is 6.94. The van der Waals surface area contributed by atoms with Crippen molar-refractivity contribution < 1.29 is 14.9 Å². The van der Waals surface area contributed by atoms with Crippen LogP contribution >= 0.6 is 0 Å². The number of aromatic nitrogens is 2. The van der Waals surface area contributed by atoms with Gasteiger partial charge in [0.15, 0.2) is 0 Å². The van der Waals surface area contributed by atoms with Crippen LogP contribution in [0.2, 0.25) is 0 Å². The van der Waals surface area contributed by atoms with Crippen LogP contribution in [-0.4, -0.2) is 86.4 Å². The summed E-state index contributed by atoms with van der Waals surface area (Å²) in [5.41, 5.74) is 0. The van der Waals surface area contributed by atoms with Crippen LogP contribution in [0.1, 0.15) is 0 Å². The predicted octanol–water partition coefficient (Wildman–Crippen LogP) is -0.865. The third-order valence-corrected chi connectivity index (χ3v) is 0.970. The minimum absolute atomic E-state index is 0. The van der Waals surface area contributed by atoms with Crippen LogP contribution < -0.4 is 4.74 Å². The maximum atomic E-state index is 8.86. The first-order valence-electron chi connectivity index (χ1n) is 2.52. The summed E-state index contributed by atoms with van der Waals surface area (Å²) >= 11 is 0. The van der Waals surface area contributed by atoms with E-state index in [1.54, 1.807) is 0 Å². The normalized spacial score (nSPS) is 7.75. The quantitative estimate of drug-likeness (QED) is 0.560. The number of nitrogens with zero attached hydrogens (tertiary/aromatic N) is 2. The SMILES string of the molecule is COc1c(O)ncnc1O.[Na].[Na]. The van der Waals surface area contributed by atoms with Crippen molar-refractivity contribution in [1.29, 1.82) is 0 Å². The maximum absolute atomic E-state index is 8.86. The van der Waals surface area contributed by atoms with Gasteiger partial charge in [-0.3, -0.25) is 0 Å². The summed E-state index contributed by atoms with van der Waals surface area (Å²) < 4.78 is 4.55. The summed E-state index contributed by atoms with van der Waals surface area (Å²) in [5, 5.41) is 17.7. The van der Waals surface area contributed by atoms with Gasteiger partial charge in [-0.15, -0.1) is 0 Å². The number of hydrogen-bond acceptors (Lipinski definition) is 5. The zero-order valence-corrected chi connectivity index (χ0v) is 11.3. The molecule has 5 nitrogen and oxygen atoms in total. The fraction of sp³-hybridized carbons (Fsp3) is 0.200. The molecule has 0 bridgehead atoms. The molecular formula is C5H6N2Na2O3. The van der Waals surface area contributed by atoms with Gasteiger partial charge in [-0.05, 0) is 0 Å². The summed E-state index contributed by atoms with van der Waals surface area (Å²) in [4.78, 5) is 6.74. The van der Waals surface area contributed by atoms with Crippen LogP contribution in [0.15, 0.2) is 6.33 Å². The predicted molar refractivity (Wildman–Crippen MR) is 43.4 cm³/mol. The van der Waals surface area contributed by atoms with E-state index in [0.29, 0.717) is 0 Å². The van der Waals surface area contributed by atoms with Crippen molar-refractivity contribution in [3.05, 3.63) is 6.33 Å². The van der Waals surface area contributed by atoms with Gasteiger partial charge in [-0.2, -0.15) is 9.97 Å². The Morgan fingerprint density at radius 1 is 1.17 bits per heavy atom. The van der Waals surface area contributed by atoms with Crippen molar-refractivity contribution in [3.8, 4) is 17.5 Å². The third-order valence-electron chi connectivity index (χ3n) is 0.970. The third kappa shape index (κ3) is 3.47. The molecule has 1 aromatic heterocycles. The molecule has 0 spiro atoms. The second-order valence-electron chi connectivity index (χ2n) is 1.55. The van der Waals surface area contributed by atoms with Crippen molar-refractivity contribution in [2.24, 2.45) is 0 Å². The minimum atomic E-state index is -0.366. The Kier molecular flexibility index (Phi) is 8.66. The van der Waals surface area contributed by atoms with Gasteiger partial charge in [-0.1, -0.05) is 0 Å². The van der Waals surface area contributed by atoms with E-state index in [1.165, 1.54) is 7.11 Å². The summed E-state index contributed by atoms with van der Waals surface area (Å²) in [7, 11) is 1.30. The van der Waals surface area contributed by atoms with Gasteiger partial charge in [0.05, 0.1) is 7.11 Å². The molecule has 2 N–H and O–H groups in total. The van der Waals surface area contributed by atoms with Crippen LogP contribution in [0.4, 0.5) is 0 Å². The van der Waals surface area contributed by atoms with E-state index in [1.807, 2.05) is 0 Å². The van der Waals surface area contributed by atoms with Crippen LogP contribution in [-0.2, 0) is 0 Å². The largest absolute Gasteiger partial charge is 0.490 e. The molecule has 56 valence electrons. The number of ether oxygens (including phenoxy) is 1. The topological polar surface area (TPSA) is 75.5 Å². The van der Waals surface area contributed by atoms with Crippen molar-refractivity contribution >= 4 is 59.1 Å². The summed E-state index contributed by atoms with van der Waals surface area (Å²) in [5.74, 6) is -0.840. The fourth-order valence-electron chi connectivity index (χ4n) is 0.538. The van der Waals surface area contributed by atoms with Crippen LogP contribution in [0.25, 0.3) is 0 Å². The molecule has 2 radical (unpaired) electrons. The van der Waals surface area contributed by atoms with E-state index < -0.39 is 0 Å². The first-order chi connectivity index (χ1) is 4.75. The molecule has 7 heteroatoms. The molecule has 1 rings (SSSR count). The molecule has 0 saturated heterocycles. The van der Waals surface area contributed by atoms with Crippen LogP contribution in [0.5, 0.6) is 17.5 Å². The Bertz CT molecular complexity index is 226. The van der Waals surface area contributed by atoms with Gasteiger partial charge in [0.2, 0.25) is 5.75 Å². The standard InChI is InChI=1S/C5H6N2O3.2Na/c1-10-3-4(8)6-2-7-5(3)9;;/h2H,1H3,(H2,6,7,8,9);;. The molecule has 0 unspecified atom stereocenters. The first-order valence-corrected chi connectivity index (χ1v) is 2.52. The molecule has 0 amide bonds. The zero-order chi connectivity index (χ0) is 7.56. The Morgan fingerprint density at radius 2 is 1.58 bits per heavy atom. The van der Waals surface area contributed by atoms with E-state index in [9.17, 15) is 0 Å². The van der Waals surface area contributed by atoms with Crippen molar-refractivity contribution in [2.75, 3.05) is 7.11 Å². The van der Waals surface area contributed by atoms with E-state index in [-0.39, 0.29) is 76.6 Å². The Hall–Kier alpha value is 0.480. The molecule has 0 aromatic carbocycles. The van der Waals surface area contributed by atoms with Crippen molar-refractivity contribution in [1.82, 2.24) is 9.97 Å². The molecular weight excluding hydrogens is 182 g/mol. The molecule has 1 aromatic rings. The summed E-state index contributed by atoms with van der Waals surface area (Å²) in [6, 6.07) is 0. The van der Waals surface area contributed by atoms with Gasteiger partial charge in [0, 0.05) is 59.1 Å². The Balaban J connectivity index is 0. The number of aromatic hydroxyl groups is 2. The van der Waals surface area contributed by atoms with Gasteiger partial charge in [0.1, 0.15) is 6.33 Å². The first kappa shape index (κ1) is 15.0. The monoisotopic (exact) mass is 188 g/mol. The Labute approximate surface area is 114 Å². The number of hydrogen-bond donors (Lipinski definition) is 2. The Morgan fingerprint density at radius 3 is 1.83 bits per heavy atom. The molecule has 0 aliphatic rings. The van der Waals surface area contributed by atoms with Gasteiger partial charge < -0.3 is 14.9 Å². The molecule has 0 atom stereocenters. The second-order valence-corrected chi connectivity index (χ2v) is 1.55. The summed E-state index contributed by atoms with van der Waals surface area (Å²) in [6.07, 6.45) is 1.03. The van der Waals surface area contributed by atoms with Gasteiger partial charge >= 0.3 is 0 Å². The van der Waals surface area contributed by atoms with Gasteiger partial charge in [0.25, 0.3) is 11.8 Å². The molecule has 0 saturated carbocycles. The maximum Gasteiger partial charge on any atom is 0.261 e. The van der Waals surface area contributed by atoms with E-state index in [2.05, 4.69) is 14.7 Å². The van der Waals surface area contributed by atoms with Crippen LogP contribution in [0, 0.1) is 0 Å². The zero-order valence-electron chi connectivity index (χ0n) is 7.27. The molecule has 1 heterocycles. The van der Waals surface area contributed by atoms with Crippen molar-refractivity contribution in [3.63, 3.8) is 0 Å². The summed E-state index contributed by atoms with van der Waals surface area (Å²) in [6.45, 7) is 0. The molecule has 0 fully saturated rings. The minimum Gasteiger partial charge on any atom is -0.490 e. The van der Waals surface area contributed by atoms with Crippen LogP contribution in [0.3, 0.4) is 0 Å². The van der Waals surface area contributed by atoms with E-state index in [4.69, 9.17) is 10.2 Å². The smallest absolute Gasteiger partial charge is 0.261 e. The van der Waals surface area contributed by atoms with Gasteiger partial charge in [-0.25, -0.2) is 0 Å². The average molecular weight is 188 g/mol. The number of methoxy groups -OCH3 is 1. The van der Waals surface area contributed by atoms with E-state index >= 15 is 0 Å². The van der Waals surface area contributed by atoms with Crippen molar-refractivity contribution in [2.45, 2.75) is 0 Å². The number of rotatable bonds is 1. The molecule has 0 aliphatic carbocycles. The molecule has 12 heavy (non-hydrogen) atoms. The molecule has 0 aliphatic heterocycles. The van der Waals surface area contributed by atoms with E-state index in [0.717, 1.165) is 6.33 Å².